The van der Waals surface area contributed by atoms with E-state index in [0.717, 1.165) is 12.3 Å². The first kappa shape index (κ1) is 8.01. The molecule has 0 amide bonds. The maximum Gasteiger partial charge on any atom is 0.0126 e. The van der Waals surface area contributed by atoms with E-state index in [-0.39, 0.29) is 0 Å². The highest BCUT2D eigenvalue weighted by molar-refractivity contribution is 7.85. The van der Waals surface area contributed by atoms with Gasteiger partial charge in [-0.1, -0.05) is 37.8 Å². The SMILES string of the molecule is SC#CCC1CCCCC1. The van der Waals surface area contributed by atoms with Crippen LogP contribution in [0.2, 0.25) is 0 Å². The van der Waals surface area contributed by atoms with Gasteiger partial charge in [0, 0.05) is 6.42 Å². The van der Waals surface area contributed by atoms with Gasteiger partial charge in [-0.25, -0.2) is 0 Å². The molecule has 0 saturated heterocycles. The normalized spacial score (nSPS) is 19.7. The maximum atomic E-state index is 3.86. The van der Waals surface area contributed by atoms with E-state index in [4.69, 9.17) is 0 Å². The fourth-order valence-corrected chi connectivity index (χ4v) is 1.67. The molecule has 0 atom stereocenters. The monoisotopic (exact) mass is 154 g/mol. The van der Waals surface area contributed by atoms with Gasteiger partial charge in [0.15, 0.2) is 0 Å². The van der Waals surface area contributed by atoms with Crippen LogP contribution in [0.3, 0.4) is 0 Å². The summed E-state index contributed by atoms with van der Waals surface area (Å²) in [7, 11) is 0. The summed E-state index contributed by atoms with van der Waals surface area (Å²) >= 11 is 3.86. The predicted octanol–water partition coefficient (Wildman–Crippen LogP) is 2.85. The van der Waals surface area contributed by atoms with Crippen molar-refractivity contribution in [3.05, 3.63) is 0 Å². The molecule has 0 aromatic carbocycles. The molecule has 1 rings (SSSR count). The molecule has 1 aliphatic rings. The quantitative estimate of drug-likeness (QED) is 0.436. The molecule has 1 fully saturated rings. The van der Waals surface area contributed by atoms with Gasteiger partial charge in [0.25, 0.3) is 0 Å². The van der Waals surface area contributed by atoms with E-state index in [9.17, 15) is 0 Å². The lowest BCUT2D eigenvalue weighted by Crippen LogP contribution is -2.04. The highest BCUT2D eigenvalue weighted by Crippen LogP contribution is 2.25. The highest BCUT2D eigenvalue weighted by Gasteiger charge is 2.10. The zero-order valence-corrected chi connectivity index (χ0v) is 7.16. The molecule has 1 heteroatoms. The first-order valence-corrected chi connectivity index (χ1v) is 4.50. The van der Waals surface area contributed by atoms with Gasteiger partial charge in [0.2, 0.25) is 0 Å². The van der Waals surface area contributed by atoms with Crippen LogP contribution in [0.25, 0.3) is 0 Å². The Bertz CT molecular complexity index is 135. The minimum atomic E-state index is 0.883. The molecule has 0 aromatic heterocycles. The van der Waals surface area contributed by atoms with E-state index in [1.807, 2.05) is 0 Å². The lowest BCUT2D eigenvalue weighted by atomic mass is 9.87. The van der Waals surface area contributed by atoms with Crippen LogP contribution >= 0.6 is 12.6 Å². The van der Waals surface area contributed by atoms with Gasteiger partial charge in [-0.3, -0.25) is 0 Å². The second-order valence-electron chi connectivity index (χ2n) is 3.00. The Labute approximate surface area is 68.8 Å². The Balaban J connectivity index is 2.17. The third kappa shape index (κ3) is 2.66. The summed E-state index contributed by atoms with van der Waals surface area (Å²) in [6, 6.07) is 0. The minimum absolute atomic E-state index is 0.883. The number of hydrogen-bond donors (Lipinski definition) is 1. The summed E-state index contributed by atoms with van der Waals surface area (Å²) in [5, 5.41) is 2.66. The van der Waals surface area contributed by atoms with Gasteiger partial charge in [0.1, 0.15) is 0 Å². The van der Waals surface area contributed by atoms with Crippen molar-refractivity contribution >= 4 is 12.6 Å². The third-order valence-electron chi connectivity index (χ3n) is 2.19. The highest BCUT2D eigenvalue weighted by atomic mass is 32.1. The Hall–Kier alpha value is -0.0900. The van der Waals surface area contributed by atoms with E-state index in [1.165, 1.54) is 32.1 Å². The molecule has 0 aliphatic heterocycles. The number of rotatable bonds is 1. The average molecular weight is 154 g/mol. The minimum Gasteiger partial charge on any atom is -0.0922 e. The summed E-state index contributed by atoms with van der Waals surface area (Å²) in [5.41, 5.74) is 0. The van der Waals surface area contributed by atoms with E-state index >= 15 is 0 Å². The topological polar surface area (TPSA) is 0 Å². The first-order chi connectivity index (χ1) is 4.93. The molecule has 0 bridgehead atoms. The van der Waals surface area contributed by atoms with Gasteiger partial charge >= 0.3 is 0 Å². The molecule has 0 spiro atoms. The first-order valence-electron chi connectivity index (χ1n) is 4.05. The summed E-state index contributed by atoms with van der Waals surface area (Å²) in [5.74, 6) is 3.91. The third-order valence-corrected chi connectivity index (χ3v) is 2.35. The fourth-order valence-electron chi connectivity index (χ4n) is 1.58. The van der Waals surface area contributed by atoms with Crippen molar-refractivity contribution in [3.8, 4) is 11.2 Å². The second kappa shape index (κ2) is 4.68. The summed E-state index contributed by atoms with van der Waals surface area (Å²) in [6.45, 7) is 0. The summed E-state index contributed by atoms with van der Waals surface area (Å²) in [4.78, 5) is 0. The van der Waals surface area contributed by atoms with Crippen molar-refractivity contribution in [2.24, 2.45) is 5.92 Å². The predicted molar refractivity (Wildman–Crippen MR) is 48.0 cm³/mol. The van der Waals surface area contributed by atoms with E-state index < -0.39 is 0 Å². The lowest BCUT2D eigenvalue weighted by Gasteiger charge is -2.18. The fraction of sp³-hybridized carbons (Fsp3) is 0.778. The summed E-state index contributed by atoms with van der Waals surface area (Å²) in [6.07, 6.45) is 8.12. The van der Waals surface area contributed by atoms with Crippen molar-refractivity contribution < 1.29 is 0 Å². The Kier molecular flexibility index (Phi) is 3.75. The van der Waals surface area contributed by atoms with Crippen LogP contribution in [-0.4, -0.2) is 0 Å². The summed E-state index contributed by atoms with van der Waals surface area (Å²) < 4.78 is 0. The molecule has 10 heavy (non-hydrogen) atoms. The van der Waals surface area contributed by atoms with E-state index in [1.54, 1.807) is 0 Å². The van der Waals surface area contributed by atoms with Crippen LogP contribution in [0.15, 0.2) is 0 Å². The molecular formula is C9H14S. The van der Waals surface area contributed by atoms with Crippen LogP contribution in [0, 0.1) is 17.1 Å². The molecule has 1 aliphatic carbocycles. The second-order valence-corrected chi connectivity index (χ2v) is 3.22. The Morgan fingerprint density at radius 3 is 2.50 bits per heavy atom. The van der Waals surface area contributed by atoms with Crippen LogP contribution in [0.5, 0.6) is 0 Å². The molecule has 0 heterocycles. The van der Waals surface area contributed by atoms with E-state index in [0.29, 0.717) is 0 Å². The molecular weight excluding hydrogens is 140 g/mol. The number of thiol groups is 1. The van der Waals surface area contributed by atoms with Crippen molar-refractivity contribution in [1.82, 2.24) is 0 Å². The largest absolute Gasteiger partial charge is 0.0922 e. The molecule has 1 saturated carbocycles. The van der Waals surface area contributed by atoms with Crippen LogP contribution < -0.4 is 0 Å². The molecule has 0 nitrogen and oxygen atoms in total. The smallest absolute Gasteiger partial charge is 0.0126 e. The van der Waals surface area contributed by atoms with Crippen LogP contribution in [-0.2, 0) is 0 Å². The molecule has 0 unspecified atom stereocenters. The van der Waals surface area contributed by atoms with Crippen molar-refractivity contribution in [1.29, 1.82) is 0 Å². The zero-order chi connectivity index (χ0) is 7.23. The number of hydrogen-bond acceptors (Lipinski definition) is 1. The molecule has 56 valence electrons. The molecule has 0 aromatic rings. The van der Waals surface area contributed by atoms with Gasteiger partial charge < -0.3 is 0 Å². The van der Waals surface area contributed by atoms with Crippen molar-refractivity contribution in [3.63, 3.8) is 0 Å². The Morgan fingerprint density at radius 1 is 1.20 bits per heavy atom. The van der Waals surface area contributed by atoms with Crippen LogP contribution in [0.1, 0.15) is 38.5 Å². The molecule has 0 N–H and O–H groups in total. The zero-order valence-electron chi connectivity index (χ0n) is 6.27. The van der Waals surface area contributed by atoms with Gasteiger partial charge in [-0.05, 0) is 24.0 Å². The van der Waals surface area contributed by atoms with Gasteiger partial charge in [-0.2, -0.15) is 0 Å². The maximum absolute atomic E-state index is 3.86. The van der Waals surface area contributed by atoms with Gasteiger partial charge in [-0.15, -0.1) is 0 Å². The van der Waals surface area contributed by atoms with Gasteiger partial charge in [0.05, 0.1) is 0 Å². The van der Waals surface area contributed by atoms with Crippen molar-refractivity contribution in [2.45, 2.75) is 38.5 Å². The van der Waals surface area contributed by atoms with Crippen LogP contribution in [0.4, 0.5) is 0 Å². The lowest BCUT2D eigenvalue weighted by molar-refractivity contribution is 0.365. The standard InChI is InChI=1S/C9H14S/c10-8-4-7-9-5-2-1-3-6-9/h9-10H,1-3,5-7H2. The van der Waals surface area contributed by atoms with E-state index in [2.05, 4.69) is 23.8 Å². The molecule has 0 radical (unpaired) electrons. The van der Waals surface area contributed by atoms with Crippen molar-refractivity contribution in [2.75, 3.05) is 0 Å². The average Bonchev–Trinajstić information content (AvgIpc) is 2.03. The Morgan fingerprint density at radius 2 is 1.90 bits per heavy atom.